The first kappa shape index (κ1) is 19.8. The first-order chi connectivity index (χ1) is 14.5. The summed E-state index contributed by atoms with van der Waals surface area (Å²) >= 11 is 3.34. The Kier molecular flexibility index (Phi) is 5.37. The average Bonchev–Trinajstić information content (AvgIpc) is 3.00. The highest BCUT2D eigenvalue weighted by molar-refractivity contribution is 9.10. The second-order valence-electron chi connectivity index (χ2n) is 6.85. The summed E-state index contributed by atoms with van der Waals surface area (Å²) in [5.74, 6) is -1.66. The van der Waals surface area contributed by atoms with E-state index in [2.05, 4.69) is 20.9 Å². The van der Waals surface area contributed by atoms with Crippen molar-refractivity contribution >= 4 is 33.4 Å². The molecule has 7 heteroatoms. The number of carbonyl (C=O) groups is 2. The van der Waals surface area contributed by atoms with E-state index in [1.807, 2.05) is 0 Å². The standard InChI is InChI=1S/C23H17BrN2O4/c24-16-8-4-15(5-9-16)21(28)19-20(14-6-10-18(27)11-7-14)26(23(30)22(19)29)13-17-3-1-2-12-25-17/h1-12,20,27-28H,13H2/b21-19+. The predicted molar refractivity (Wildman–Crippen MR) is 114 cm³/mol. The van der Waals surface area contributed by atoms with E-state index in [-0.39, 0.29) is 23.6 Å². The number of ketones is 1. The van der Waals surface area contributed by atoms with Gasteiger partial charge in [-0.15, -0.1) is 0 Å². The zero-order chi connectivity index (χ0) is 21.3. The molecule has 0 radical (unpaired) electrons. The molecule has 2 heterocycles. The number of hydrogen-bond donors (Lipinski definition) is 2. The van der Waals surface area contributed by atoms with Crippen LogP contribution in [0.4, 0.5) is 0 Å². The van der Waals surface area contributed by atoms with Gasteiger partial charge in [-0.05, 0) is 42.0 Å². The molecule has 30 heavy (non-hydrogen) atoms. The van der Waals surface area contributed by atoms with E-state index in [9.17, 15) is 19.8 Å². The minimum Gasteiger partial charge on any atom is -0.508 e. The van der Waals surface area contributed by atoms with Gasteiger partial charge in [0.25, 0.3) is 11.7 Å². The van der Waals surface area contributed by atoms with E-state index in [1.165, 1.54) is 17.0 Å². The molecule has 1 saturated heterocycles. The van der Waals surface area contributed by atoms with Crippen LogP contribution in [0.1, 0.15) is 22.9 Å². The van der Waals surface area contributed by atoms with Crippen LogP contribution in [0.2, 0.25) is 0 Å². The minimum absolute atomic E-state index is 0.00365. The van der Waals surface area contributed by atoms with Crippen molar-refractivity contribution in [3.8, 4) is 5.75 Å². The Hall–Kier alpha value is -3.45. The molecule has 0 spiro atoms. The Morgan fingerprint density at radius 3 is 2.33 bits per heavy atom. The number of aliphatic hydroxyl groups is 1. The average molecular weight is 465 g/mol. The third-order valence-electron chi connectivity index (χ3n) is 4.92. The lowest BCUT2D eigenvalue weighted by molar-refractivity contribution is -0.140. The van der Waals surface area contributed by atoms with Crippen LogP contribution in [0.5, 0.6) is 5.75 Å². The highest BCUT2D eigenvalue weighted by Gasteiger charge is 2.46. The van der Waals surface area contributed by atoms with Crippen molar-refractivity contribution in [2.75, 3.05) is 0 Å². The summed E-state index contributed by atoms with van der Waals surface area (Å²) in [6, 6.07) is 17.6. The van der Waals surface area contributed by atoms with E-state index < -0.39 is 17.7 Å². The van der Waals surface area contributed by atoms with E-state index in [0.29, 0.717) is 16.8 Å². The Morgan fingerprint density at radius 2 is 1.70 bits per heavy atom. The predicted octanol–water partition coefficient (Wildman–Crippen LogP) is 4.17. The van der Waals surface area contributed by atoms with Crippen LogP contribution in [0.3, 0.4) is 0 Å². The minimum atomic E-state index is -0.809. The number of pyridine rings is 1. The molecule has 150 valence electrons. The maximum atomic E-state index is 13.0. The van der Waals surface area contributed by atoms with Gasteiger partial charge < -0.3 is 15.1 Å². The van der Waals surface area contributed by atoms with Crippen LogP contribution in [0.15, 0.2) is 83.0 Å². The summed E-state index contributed by atoms with van der Waals surface area (Å²) in [5.41, 5.74) is 1.65. The van der Waals surface area contributed by atoms with Gasteiger partial charge >= 0.3 is 0 Å². The van der Waals surface area contributed by atoms with Crippen LogP contribution in [-0.2, 0) is 16.1 Å². The lowest BCUT2D eigenvalue weighted by Crippen LogP contribution is -2.29. The number of aromatic nitrogens is 1. The van der Waals surface area contributed by atoms with Crippen molar-refractivity contribution in [3.63, 3.8) is 0 Å². The number of aromatic hydroxyl groups is 1. The van der Waals surface area contributed by atoms with Crippen LogP contribution in [0, 0.1) is 0 Å². The van der Waals surface area contributed by atoms with Crippen molar-refractivity contribution in [1.82, 2.24) is 9.88 Å². The molecule has 1 atom stereocenters. The third-order valence-corrected chi connectivity index (χ3v) is 5.45. The van der Waals surface area contributed by atoms with Gasteiger partial charge in [-0.25, -0.2) is 0 Å². The highest BCUT2D eigenvalue weighted by atomic mass is 79.9. The van der Waals surface area contributed by atoms with Gasteiger partial charge in [0.15, 0.2) is 0 Å². The maximum absolute atomic E-state index is 13.0. The molecule has 1 unspecified atom stereocenters. The van der Waals surface area contributed by atoms with Gasteiger partial charge in [0, 0.05) is 16.2 Å². The topological polar surface area (TPSA) is 90.7 Å². The molecule has 6 nitrogen and oxygen atoms in total. The number of phenolic OH excluding ortho intramolecular Hbond substituents is 1. The van der Waals surface area contributed by atoms with Crippen molar-refractivity contribution < 1.29 is 19.8 Å². The molecule has 1 aliphatic heterocycles. The lowest BCUT2D eigenvalue weighted by Gasteiger charge is -2.25. The zero-order valence-corrected chi connectivity index (χ0v) is 17.3. The first-order valence-corrected chi connectivity index (χ1v) is 9.98. The number of halogens is 1. The second kappa shape index (κ2) is 8.12. The van der Waals surface area contributed by atoms with Crippen molar-refractivity contribution in [2.45, 2.75) is 12.6 Å². The number of carbonyl (C=O) groups excluding carboxylic acids is 2. The number of aliphatic hydroxyl groups excluding tert-OH is 1. The van der Waals surface area contributed by atoms with E-state index in [4.69, 9.17) is 0 Å². The number of hydrogen-bond acceptors (Lipinski definition) is 5. The molecule has 0 aliphatic carbocycles. The first-order valence-electron chi connectivity index (χ1n) is 9.19. The fourth-order valence-electron chi connectivity index (χ4n) is 3.48. The van der Waals surface area contributed by atoms with Crippen molar-refractivity contribution in [3.05, 3.63) is 99.8 Å². The van der Waals surface area contributed by atoms with Crippen molar-refractivity contribution in [1.29, 1.82) is 0 Å². The van der Waals surface area contributed by atoms with Crippen molar-refractivity contribution in [2.24, 2.45) is 0 Å². The molecule has 1 fully saturated rings. The fourth-order valence-corrected chi connectivity index (χ4v) is 3.74. The Labute approximate surface area is 181 Å². The molecule has 0 saturated carbocycles. The quantitative estimate of drug-likeness (QED) is 0.343. The van der Waals surface area contributed by atoms with Crippen LogP contribution in [0.25, 0.3) is 5.76 Å². The number of amides is 1. The molecule has 1 aromatic heterocycles. The van der Waals surface area contributed by atoms with Crippen LogP contribution >= 0.6 is 15.9 Å². The number of phenols is 1. The zero-order valence-electron chi connectivity index (χ0n) is 15.7. The number of nitrogens with zero attached hydrogens (tertiary/aromatic N) is 2. The summed E-state index contributed by atoms with van der Waals surface area (Å²) < 4.78 is 0.824. The monoisotopic (exact) mass is 464 g/mol. The number of Topliss-reactive ketones (excluding diaryl/α,β-unsaturated/α-hetero) is 1. The van der Waals surface area contributed by atoms with Gasteiger partial charge in [0.1, 0.15) is 11.5 Å². The Bertz CT molecular complexity index is 1130. The maximum Gasteiger partial charge on any atom is 0.296 e. The van der Waals surface area contributed by atoms with Gasteiger partial charge in [-0.1, -0.05) is 46.3 Å². The fraction of sp³-hybridized carbons (Fsp3) is 0.0870. The van der Waals surface area contributed by atoms with Gasteiger partial charge in [0.2, 0.25) is 0 Å². The summed E-state index contributed by atoms with van der Waals surface area (Å²) in [6.07, 6.45) is 1.61. The Morgan fingerprint density at radius 1 is 1.00 bits per heavy atom. The number of benzene rings is 2. The molecule has 0 bridgehead atoms. The van der Waals surface area contributed by atoms with Gasteiger partial charge in [-0.3, -0.25) is 14.6 Å². The molecule has 3 aromatic rings. The molecular formula is C23H17BrN2O4. The molecule has 1 aliphatic rings. The van der Waals surface area contributed by atoms with E-state index in [1.54, 1.807) is 60.8 Å². The normalized spacial score (nSPS) is 18.0. The molecular weight excluding hydrogens is 448 g/mol. The summed E-state index contributed by atoms with van der Waals surface area (Å²) in [7, 11) is 0. The van der Waals surface area contributed by atoms with Crippen LogP contribution < -0.4 is 0 Å². The third kappa shape index (κ3) is 3.71. The Balaban J connectivity index is 1.85. The molecule has 4 rings (SSSR count). The van der Waals surface area contributed by atoms with E-state index in [0.717, 1.165) is 4.47 Å². The number of likely N-dealkylation sites (tertiary alicyclic amines) is 1. The summed E-state index contributed by atoms with van der Waals surface area (Å²) in [5, 5.41) is 20.6. The molecule has 1 amide bonds. The van der Waals surface area contributed by atoms with Gasteiger partial charge in [-0.2, -0.15) is 0 Å². The lowest BCUT2D eigenvalue weighted by atomic mass is 9.95. The summed E-state index contributed by atoms with van der Waals surface area (Å²) in [6.45, 7) is 0.105. The smallest absolute Gasteiger partial charge is 0.296 e. The van der Waals surface area contributed by atoms with Crippen LogP contribution in [-0.4, -0.2) is 31.8 Å². The van der Waals surface area contributed by atoms with E-state index >= 15 is 0 Å². The largest absolute Gasteiger partial charge is 0.508 e. The summed E-state index contributed by atoms with van der Waals surface area (Å²) in [4.78, 5) is 31.5. The SMILES string of the molecule is O=C1C(=O)N(Cc2ccccn2)C(c2ccc(O)cc2)/C1=C(\O)c1ccc(Br)cc1. The second-order valence-corrected chi connectivity index (χ2v) is 7.76. The molecule has 2 N–H and O–H groups in total. The number of rotatable bonds is 4. The molecule has 2 aromatic carbocycles. The van der Waals surface area contributed by atoms with Gasteiger partial charge in [0.05, 0.1) is 23.9 Å². The highest BCUT2D eigenvalue weighted by Crippen LogP contribution is 2.40.